The molecule has 3 rings (SSSR count). The SMILES string of the molecule is c1cc(CN(C2CC2)C2CCCNC2)cs1. The quantitative estimate of drug-likeness (QED) is 0.864. The normalized spacial score (nSPS) is 26.2. The summed E-state index contributed by atoms with van der Waals surface area (Å²) in [5.41, 5.74) is 1.50. The van der Waals surface area contributed by atoms with Crippen molar-refractivity contribution in [1.29, 1.82) is 0 Å². The zero-order chi connectivity index (χ0) is 10.8. The Morgan fingerprint density at radius 2 is 2.25 bits per heavy atom. The summed E-state index contributed by atoms with van der Waals surface area (Å²) in [7, 11) is 0. The highest BCUT2D eigenvalue weighted by atomic mass is 32.1. The highest BCUT2D eigenvalue weighted by Gasteiger charge is 2.34. The molecule has 1 aliphatic carbocycles. The van der Waals surface area contributed by atoms with E-state index in [4.69, 9.17) is 0 Å². The Morgan fingerprint density at radius 1 is 1.31 bits per heavy atom. The standard InChI is InChI=1S/C13H20N2S/c1-2-13(8-14-6-1)15(12-3-4-12)9-11-5-7-16-10-11/h5,7,10,12-14H,1-4,6,8-9H2. The average Bonchev–Trinajstić information content (AvgIpc) is 3.05. The van der Waals surface area contributed by atoms with Gasteiger partial charge in [-0.05, 0) is 54.6 Å². The van der Waals surface area contributed by atoms with E-state index in [1.165, 1.54) is 50.9 Å². The van der Waals surface area contributed by atoms with Crippen molar-refractivity contribution in [3.05, 3.63) is 22.4 Å². The van der Waals surface area contributed by atoms with Gasteiger partial charge in [-0.15, -0.1) is 0 Å². The van der Waals surface area contributed by atoms with Gasteiger partial charge in [-0.3, -0.25) is 4.90 Å². The topological polar surface area (TPSA) is 15.3 Å². The molecule has 1 aromatic heterocycles. The molecule has 2 fully saturated rings. The zero-order valence-electron chi connectivity index (χ0n) is 9.69. The Morgan fingerprint density at radius 3 is 2.88 bits per heavy atom. The first-order valence-corrected chi connectivity index (χ1v) is 7.35. The number of rotatable bonds is 4. The number of thiophene rings is 1. The van der Waals surface area contributed by atoms with Crippen LogP contribution < -0.4 is 5.32 Å². The molecule has 16 heavy (non-hydrogen) atoms. The predicted molar refractivity (Wildman–Crippen MR) is 68.8 cm³/mol. The van der Waals surface area contributed by atoms with Gasteiger partial charge in [-0.2, -0.15) is 11.3 Å². The Balaban J connectivity index is 1.65. The van der Waals surface area contributed by atoms with E-state index >= 15 is 0 Å². The Bertz CT molecular complexity index is 313. The minimum atomic E-state index is 0.779. The van der Waals surface area contributed by atoms with Crippen molar-refractivity contribution in [2.24, 2.45) is 0 Å². The highest BCUT2D eigenvalue weighted by molar-refractivity contribution is 7.07. The maximum absolute atomic E-state index is 3.54. The van der Waals surface area contributed by atoms with Crippen LogP contribution in [0.2, 0.25) is 0 Å². The lowest BCUT2D eigenvalue weighted by Crippen LogP contribution is -2.46. The molecule has 1 aliphatic heterocycles. The first-order chi connectivity index (χ1) is 7.93. The van der Waals surface area contributed by atoms with Crippen LogP contribution in [-0.4, -0.2) is 30.1 Å². The zero-order valence-corrected chi connectivity index (χ0v) is 10.5. The van der Waals surface area contributed by atoms with Crippen LogP contribution in [0.3, 0.4) is 0 Å². The van der Waals surface area contributed by atoms with Gasteiger partial charge in [0, 0.05) is 25.2 Å². The van der Waals surface area contributed by atoms with Gasteiger partial charge in [-0.25, -0.2) is 0 Å². The highest BCUT2D eigenvalue weighted by Crippen LogP contribution is 2.32. The molecule has 0 radical (unpaired) electrons. The van der Waals surface area contributed by atoms with Crippen LogP contribution >= 0.6 is 11.3 Å². The van der Waals surface area contributed by atoms with E-state index in [-0.39, 0.29) is 0 Å². The van der Waals surface area contributed by atoms with Crippen molar-refractivity contribution < 1.29 is 0 Å². The molecule has 1 N–H and O–H groups in total. The van der Waals surface area contributed by atoms with E-state index in [1.54, 1.807) is 0 Å². The molecule has 3 heteroatoms. The van der Waals surface area contributed by atoms with E-state index < -0.39 is 0 Å². The lowest BCUT2D eigenvalue weighted by molar-refractivity contribution is 0.149. The first kappa shape index (κ1) is 10.8. The number of piperidine rings is 1. The molecule has 0 bridgehead atoms. The Labute approximate surface area is 102 Å². The lowest BCUT2D eigenvalue weighted by Gasteiger charge is -2.34. The second kappa shape index (κ2) is 4.86. The van der Waals surface area contributed by atoms with Crippen molar-refractivity contribution in [3.63, 3.8) is 0 Å². The number of nitrogens with zero attached hydrogens (tertiary/aromatic N) is 1. The van der Waals surface area contributed by atoms with Crippen molar-refractivity contribution in [2.75, 3.05) is 13.1 Å². The van der Waals surface area contributed by atoms with Gasteiger partial charge in [0.05, 0.1) is 0 Å². The van der Waals surface area contributed by atoms with Gasteiger partial charge in [0.2, 0.25) is 0 Å². The first-order valence-electron chi connectivity index (χ1n) is 6.41. The van der Waals surface area contributed by atoms with Crippen LogP contribution in [0.1, 0.15) is 31.2 Å². The smallest absolute Gasteiger partial charge is 0.0248 e. The summed E-state index contributed by atoms with van der Waals surface area (Å²) < 4.78 is 0. The summed E-state index contributed by atoms with van der Waals surface area (Å²) in [6.45, 7) is 3.58. The van der Waals surface area contributed by atoms with Crippen LogP contribution in [0.25, 0.3) is 0 Å². The Kier molecular flexibility index (Phi) is 3.27. The van der Waals surface area contributed by atoms with Crippen molar-refractivity contribution >= 4 is 11.3 Å². The molecular formula is C13H20N2S. The summed E-state index contributed by atoms with van der Waals surface area (Å²) in [4.78, 5) is 2.74. The molecule has 1 aromatic rings. The number of hydrogen-bond donors (Lipinski definition) is 1. The lowest BCUT2D eigenvalue weighted by atomic mass is 10.1. The molecule has 2 nitrogen and oxygen atoms in total. The van der Waals surface area contributed by atoms with E-state index in [2.05, 4.69) is 27.0 Å². The average molecular weight is 236 g/mol. The van der Waals surface area contributed by atoms with Gasteiger partial charge in [0.25, 0.3) is 0 Å². The molecular weight excluding hydrogens is 216 g/mol. The minimum Gasteiger partial charge on any atom is -0.315 e. The maximum Gasteiger partial charge on any atom is 0.0248 e. The molecule has 2 aliphatic rings. The fourth-order valence-electron chi connectivity index (χ4n) is 2.67. The van der Waals surface area contributed by atoms with E-state index in [0.717, 1.165) is 12.1 Å². The Hall–Kier alpha value is -0.380. The van der Waals surface area contributed by atoms with E-state index in [9.17, 15) is 0 Å². The second-order valence-electron chi connectivity index (χ2n) is 5.04. The third kappa shape index (κ3) is 2.47. The molecule has 1 atom stereocenters. The summed E-state index contributed by atoms with van der Waals surface area (Å²) >= 11 is 1.82. The van der Waals surface area contributed by atoms with Crippen LogP contribution in [0.5, 0.6) is 0 Å². The van der Waals surface area contributed by atoms with Gasteiger partial charge in [0.1, 0.15) is 0 Å². The molecule has 0 spiro atoms. The van der Waals surface area contributed by atoms with Gasteiger partial charge < -0.3 is 5.32 Å². The van der Waals surface area contributed by atoms with Gasteiger partial charge in [0.15, 0.2) is 0 Å². The monoisotopic (exact) mass is 236 g/mol. The number of hydrogen-bond acceptors (Lipinski definition) is 3. The fraction of sp³-hybridized carbons (Fsp3) is 0.692. The molecule has 1 unspecified atom stereocenters. The van der Waals surface area contributed by atoms with Gasteiger partial charge >= 0.3 is 0 Å². The molecule has 1 saturated heterocycles. The maximum atomic E-state index is 3.54. The third-order valence-electron chi connectivity index (χ3n) is 3.70. The molecule has 0 aromatic carbocycles. The summed E-state index contributed by atoms with van der Waals surface area (Å²) in [6, 6.07) is 3.93. The van der Waals surface area contributed by atoms with Crippen molar-refractivity contribution in [1.82, 2.24) is 10.2 Å². The minimum absolute atomic E-state index is 0.779. The molecule has 2 heterocycles. The van der Waals surface area contributed by atoms with Crippen LogP contribution in [0.4, 0.5) is 0 Å². The summed E-state index contributed by atoms with van der Waals surface area (Å²) in [5.74, 6) is 0. The van der Waals surface area contributed by atoms with Crippen LogP contribution in [0.15, 0.2) is 16.8 Å². The fourth-order valence-corrected chi connectivity index (χ4v) is 3.33. The largest absolute Gasteiger partial charge is 0.315 e. The third-order valence-corrected chi connectivity index (χ3v) is 4.43. The van der Waals surface area contributed by atoms with Crippen molar-refractivity contribution in [3.8, 4) is 0 Å². The number of nitrogens with one attached hydrogen (secondary N) is 1. The van der Waals surface area contributed by atoms with E-state index in [0.29, 0.717) is 0 Å². The van der Waals surface area contributed by atoms with E-state index in [1.807, 2.05) is 11.3 Å². The van der Waals surface area contributed by atoms with Crippen LogP contribution in [-0.2, 0) is 6.54 Å². The predicted octanol–water partition coefficient (Wildman–Crippen LogP) is 2.46. The summed E-state index contributed by atoms with van der Waals surface area (Å²) in [6.07, 6.45) is 5.56. The molecule has 0 amide bonds. The van der Waals surface area contributed by atoms with Crippen LogP contribution in [0, 0.1) is 0 Å². The summed E-state index contributed by atoms with van der Waals surface area (Å²) in [5, 5.41) is 8.03. The molecule has 1 saturated carbocycles. The molecule has 88 valence electrons. The van der Waals surface area contributed by atoms with Crippen molar-refractivity contribution in [2.45, 2.75) is 44.3 Å². The van der Waals surface area contributed by atoms with Gasteiger partial charge in [-0.1, -0.05) is 0 Å². The second-order valence-corrected chi connectivity index (χ2v) is 5.82.